The first-order valence-corrected chi connectivity index (χ1v) is 9.59. The lowest BCUT2D eigenvalue weighted by Crippen LogP contribution is -2.75. The van der Waals surface area contributed by atoms with Crippen LogP contribution in [-0.2, 0) is 19.1 Å². The van der Waals surface area contributed by atoms with Crippen molar-refractivity contribution in [1.82, 2.24) is 4.90 Å². The smallest absolute Gasteiger partial charge is 0.292 e. The molecule has 29 heavy (non-hydrogen) atoms. The molecule has 0 radical (unpaired) electrons. The summed E-state index contributed by atoms with van der Waals surface area (Å²) in [5, 5.41) is 11.0. The summed E-state index contributed by atoms with van der Waals surface area (Å²) < 4.78 is 11.8. The highest BCUT2D eigenvalue weighted by molar-refractivity contribution is 6.12. The third kappa shape index (κ3) is 1.93. The van der Waals surface area contributed by atoms with Crippen LogP contribution in [0.2, 0.25) is 0 Å². The Bertz CT molecular complexity index is 1050. The zero-order valence-corrected chi connectivity index (χ0v) is 15.3. The molecule has 5 atom stereocenters. The molecule has 2 aromatic rings. The normalized spacial score (nSPS) is 34.4. The molecule has 0 saturated carbocycles. The number of carbonyl (C=O) groups excluding carboxylic acids is 2. The van der Waals surface area contributed by atoms with Crippen molar-refractivity contribution in [3.8, 4) is 0 Å². The molecule has 0 unspecified atom stereocenters. The number of aliphatic hydroxyl groups excluding tert-OH is 1. The van der Waals surface area contributed by atoms with Crippen LogP contribution in [-0.4, -0.2) is 40.2 Å². The molecular weight excluding hydrogens is 372 g/mol. The van der Waals surface area contributed by atoms with Crippen LogP contribution in [0.25, 0.3) is 0 Å². The average molecular weight is 390 g/mol. The maximum Gasteiger partial charge on any atom is 0.292 e. The van der Waals surface area contributed by atoms with Gasteiger partial charge in [0, 0.05) is 11.1 Å². The first-order valence-electron chi connectivity index (χ1n) is 9.59. The number of amides is 2. The molecular formula is C22H18N2O5. The van der Waals surface area contributed by atoms with E-state index in [2.05, 4.69) is 0 Å². The third-order valence-corrected chi connectivity index (χ3v) is 6.29. The largest absolute Gasteiger partial charge is 0.465 e. The van der Waals surface area contributed by atoms with E-state index >= 15 is 0 Å². The van der Waals surface area contributed by atoms with E-state index in [9.17, 15) is 14.7 Å². The Morgan fingerprint density at radius 3 is 2.62 bits per heavy atom. The van der Waals surface area contributed by atoms with Crippen molar-refractivity contribution in [2.75, 3.05) is 11.5 Å². The highest BCUT2D eigenvalue weighted by Crippen LogP contribution is 2.54. The van der Waals surface area contributed by atoms with Gasteiger partial charge in [0.05, 0.1) is 30.6 Å². The van der Waals surface area contributed by atoms with Crippen LogP contribution in [0.5, 0.6) is 0 Å². The summed E-state index contributed by atoms with van der Waals surface area (Å²) in [4.78, 5) is 30.4. The predicted molar refractivity (Wildman–Crippen MR) is 101 cm³/mol. The second kappa shape index (κ2) is 5.68. The van der Waals surface area contributed by atoms with Crippen molar-refractivity contribution >= 4 is 17.5 Å². The minimum atomic E-state index is -1.64. The zero-order valence-electron chi connectivity index (χ0n) is 15.3. The van der Waals surface area contributed by atoms with Gasteiger partial charge in [-0.15, -0.1) is 0 Å². The maximum absolute atomic E-state index is 13.9. The summed E-state index contributed by atoms with van der Waals surface area (Å²) in [7, 11) is 0. The number of rotatable bonds is 1. The van der Waals surface area contributed by atoms with E-state index in [1.54, 1.807) is 30.3 Å². The number of carbonyl (C=O) groups is 2. The summed E-state index contributed by atoms with van der Waals surface area (Å²) >= 11 is 0. The second-order valence-corrected chi connectivity index (χ2v) is 7.67. The summed E-state index contributed by atoms with van der Waals surface area (Å²) in [6, 6.07) is 15.7. The van der Waals surface area contributed by atoms with Crippen molar-refractivity contribution in [2.24, 2.45) is 5.92 Å². The number of nitrogens with zero attached hydrogens (tertiary/aromatic N) is 2. The van der Waals surface area contributed by atoms with E-state index < -0.39 is 30.0 Å². The Morgan fingerprint density at radius 2 is 1.79 bits per heavy atom. The van der Waals surface area contributed by atoms with Crippen LogP contribution in [0.1, 0.15) is 23.5 Å². The fraction of sp³-hybridized carbons (Fsp3) is 0.273. The number of anilines is 1. The standard InChI is InChI=1S/C22H18N2O5/c25-18-14-8-4-5-9-16(14)24-19(26)17-12-28-20(13-6-2-1-3-7-13)23(17)21(27)22(24)15(18)10-11-29-22/h1-11,15,17-18,20,25H,12H2/t15-,17-,18-,20+,22+/m1/s1. The van der Waals surface area contributed by atoms with Crippen LogP contribution in [0.3, 0.4) is 0 Å². The highest BCUT2D eigenvalue weighted by atomic mass is 16.5. The summed E-state index contributed by atoms with van der Waals surface area (Å²) in [5.74, 6) is -1.35. The first kappa shape index (κ1) is 16.8. The lowest BCUT2D eigenvalue weighted by molar-refractivity contribution is -0.176. The lowest BCUT2D eigenvalue weighted by atomic mass is 9.78. The van der Waals surface area contributed by atoms with Crippen molar-refractivity contribution < 1.29 is 24.2 Å². The third-order valence-electron chi connectivity index (χ3n) is 6.29. The molecule has 146 valence electrons. The van der Waals surface area contributed by atoms with Crippen LogP contribution >= 0.6 is 0 Å². The number of aliphatic hydroxyl groups is 1. The SMILES string of the molecule is O=C1[C@H]2CO[C@@H](c3ccccc3)N2C(=O)[C@@]23OC=C[C@@H]2[C@H](O)c2ccccc2N13. The summed E-state index contributed by atoms with van der Waals surface area (Å²) in [5.41, 5.74) is 0.264. The van der Waals surface area contributed by atoms with Gasteiger partial charge in [-0.3, -0.25) is 19.4 Å². The van der Waals surface area contributed by atoms with Gasteiger partial charge in [-0.05, 0) is 12.1 Å². The molecule has 4 heterocycles. The fourth-order valence-corrected chi connectivity index (χ4v) is 5.00. The monoisotopic (exact) mass is 390 g/mol. The quantitative estimate of drug-likeness (QED) is 0.804. The van der Waals surface area contributed by atoms with Crippen molar-refractivity contribution in [3.05, 3.63) is 78.1 Å². The Labute approximate surface area is 166 Å². The number of ether oxygens (including phenoxy) is 2. The van der Waals surface area contributed by atoms with Gasteiger partial charge in [0.25, 0.3) is 17.5 Å². The number of piperazine rings is 1. The van der Waals surface area contributed by atoms with E-state index in [1.807, 2.05) is 30.3 Å². The number of hydrogen-bond donors (Lipinski definition) is 1. The minimum absolute atomic E-state index is 0.111. The topological polar surface area (TPSA) is 79.3 Å². The van der Waals surface area contributed by atoms with Gasteiger partial charge in [0.1, 0.15) is 6.04 Å². The Morgan fingerprint density at radius 1 is 1.03 bits per heavy atom. The van der Waals surface area contributed by atoms with E-state index in [-0.39, 0.29) is 18.4 Å². The number of para-hydroxylation sites is 1. The molecule has 2 aromatic carbocycles. The fourth-order valence-electron chi connectivity index (χ4n) is 5.00. The molecule has 0 aromatic heterocycles. The van der Waals surface area contributed by atoms with Crippen LogP contribution < -0.4 is 4.90 Å². The molecule has 7 heteroatoms. The van der Waals surface area contributed by atoms with Crippen molar-refractivity contribution in [3.63, 3.8) is 0 Å². The number of benzene rings is 2. The van der Waals surface area contributed by atoms with Crippen LogP contribution in [0.4, 0.5) is 5.69 Å². The van der Waals surface area contributed by atoms with Gasteiger partial charge in [-0.2, -0.15) is 0 Å². The van der Waals surface area contributed by atoms with Gasteiger partial charge in [-0.1, -0.05) is 48.5 Å². The molecule has 1 N–H and O–H groups in total. The van der Waals surface area contributed by atoms with Gasteiger partial charge in [0.15, 0.2) is 6.23 Å². The number of hydrogen-bond acceptors (Lipinski definition) is 5. The molecule has 2 saturated heterocycles. The van der Waals surface area contributed by atoms with E-state index in [1.165, 1.54) is 16.1 Å². The summed E-state index contributed by atoms with van der Waals surface area (Å²) in [6.45, 7) is 0.111. The predicted octanol–water partition coefficient (Wildman–Crippen LogP) is 1.86. The van der Waals surface area contributed by atoms with Crippen LogP contribution in [0.15, 0.2) is 66.9 Å². The molecule has 2 amide bonds. The van der Waals surface area contributed by atoms with E-state index in [0.29, 0.717) is 11.3 Å². The highest BCUT2D eigenvalue weighted by Gasteiger charge is 2.69. The lowest BCUT2D eigenvalue weighted by Gasteiger charge is -2.53. The van der Waals surface area contributed by atoms with Gasteiger partial charge < -0.3 is 14.6 Å². The molecule has 4 aliphatic rings. The molecule has 2 fully saturated rings. The minimum Gasteiger partial charge on any atom is -0.465 e. The average Bonchev–Trinajstić information content (AvgIpc) is 3.39. The van der Waals surface area contributed by atoms with E-state index in [4.69, 9.17) is 9.47 Å². The first-order chi connectivity index (χ1) is 14.1. The van der Waals surface area contributed by atoms with Gasteiger partial charge >= 0.3 is 0 Å². The molecule has 0 bridgehead atoms. The molecule has 1 spiro atoms. The maximum atomic E-state index is 13.9. The molecule has 7 nitrogen and oxygen atoms in total. The Hall–Kier alpha value is -3.16. The number of fused-ring (bicyclic) bond motifs is 3. The van der Waals surface area contributed by atoms with E-state index in [0.717, 1.165) is 5.56 Å². The molecule has 0 aliphatic carbocycles. The van der Waals surface area contributed by atoms with Crippen molar-refractivity contribution in [1.29, 1.82) is 0 Å². The Kier molecular flexibility index (Phi) is 3.29. The molecule has 4 aliphatic heterocycles. The zero-order chi connectivity index (χ0) is 19.8. The second-order valence-electron chi connectivity index (χ2n) is 7.67. The van der Waals surface area contributed by atoms with Gasteiger partial charge in [0.2, 0.25) is 0 Å². The van der Waals surface area contributed by atoms with Gasteiger partial charge in [-0.25, -0.2) is 0 Å². The molecule has 6 rings (SSSR count). The van der Waals surface area contributed by atoms with Crippen molar-refractivity contribution in [2.45, 2.75) is 24.1 Å². The summed E-state index contributed by atoms with van der Waals surface area (Å²) in [6.07, 6.45) is 1.43. The Balaban J connectivity index is 1.53. The van der Waals surface area contributed by atoms with Crippen LogP contribution in [0, 0.1) is 5.92 Å².